The molecule has 2 saturated carbocycles. The molecule has 1 heterocycles. The van der Waals surface area contributed by atoms with Crippen LogP contribution < -0.4 is 5.32 Å². The summed E-state index contributed by atoms with van der Waals surface area (Å²) in [7, 11) is 2.27. The molecule has 20 heavy (non-hydrogen) atoms. The summed E-state index contributed by atoms with van der Waals surface area (Å²) in [6.45, 7) is 2.17. The summed E-state index contributed by atoms with van der Waals surface area (Å²) in [4.78, 5) is 7.02. The molecule has 0 unspecified atom stereocenters. The first kappa shape index (κ1) is 13.9. The highest BCUT2D eigenvalue weighted by Crippen LogP contribution is 2.23. The van der Waals surface area contributed by atoms with Crippen molar-refractivity contribution >= 4 is 5.95 Å². The number of aromatic nitrogens is 2. The van der Waals surface area contributed by atoms with Crippen molar-refractivity contribution in [1.82, 2.24) is 14.5 Å². The minimum absolute atomic E-state index is 0.642. The number of anilines is 1. The fourth-order valence-electron chi connectivity index (χ4n) is 3.68. The first-order chi connectivity index (χ1) is 9.83. The van der Waals surface area contributed by atoms with Gasteiger partial charge in [0.15, 0.2) is 0 Å². The minimum Gasteiger partial charge on any atom is -0.353 e. The lowest BCUT2D eigenvalue weighted by Crippen LogP contribution is -2.32. The van der Waals surface area contributed by atoms with Crippen LogP contribution in [0.4, 0.5) is 5.95 Å². The SMILES string of the molecule is CN(CCn1ccnc1NC1CCCC1)C1CCCC1. The maximum Gasteiger partial charge on any atom is 0.203 e. The van der Waals surface area contributed by atoms with Crippen LogP contribution in [0.3, 0.4) is 0 Å². The van der Waals surface area contributed by atoms with E-state index in [1.165, 1.54) is 51.4 Å². The Bertz CT molecular complexity index is 402. The van der Waals surface area contributed by atoms with Crippen molar-refractivity contribution in [1.29, 1.82) is 0 Å². The summed E-state index contributed by atoms with van der Waals surface area (Å²) in [5.74, 6) is 1.07. The highest BCUT2D eigenvalue weighted by Gasteiger charge is 2.20. The average molecular weight is 276 g/mol. The molecule has 0 bridgehead atoms. The van der Waals surface area contributed by atoms with Gasteiger partial charge >= 0.3 is 0 Å². The fourth-order valence-corrected chi connectivity index (χ4v) is 3.68. The largest absolute Gasteiger partial charge is 0.353 e. The number of nitrogens with zero attached hydrogens (tertiary/aromatic N) is 3. The van der Waals surface area contributed by atoms with Gasteiger partial charge in [-0.15, -0.1) is 0 Å². The van der Waals surface area contributed by atoms with Crippen LogP contribution in [0, 0.1) is 0 Å². The second kappa shape index (κ2) is 6.61. The minimum atomic E-state index is 0.642. The van der Waals surface area contributed by atoms with E-state index in [0.717, 1.165) is 25.1 Å². The molecular weight excluding hydrogens is 248 g/mol. The highest BCUT2D eigenvalue weighted by molar-refractivity contribution is 5.27. The molecule has 2 aliphatic carbocycles. The summed E-state index contributed by atoms with van der Waals surface area (Å²) >= 11 is 0. The van der Waals surface area contributed by atoms with Crippen LogP contribution in [0.2, 0.25) is 0 Å². The van der Waals surface area contributed by atoms with Crippen LogP contribution in [-0.2, 0) is 6.54 Å². The number of nitrogens with one attached hydrogen (secondary N) is 1. The lowest BCUT2D eigenvalue weighted by atomic mass is 10.2. The van der Waals surface area contributed by atoms with Crippen molar-refractivity contribution in [3.05, 3.63) is 12.4 Å². The molecule has 1 aromatic rings. The van der Waals surface area contributed by atoms with Gasteiger partial charge in [-0.1, -0.05) is 25.7 Å². The zero-order valence-electron chi connectivity index (χ0n) is 12.7. The molecule has 4 nitrogen and oxygen atoms in total. The number of hydrogen-bond donors (Lipinski definition) is 1. The third-order valence-corrected chi connectivity index (χ3v) is 5.05. The molecule has 0 aliphatic heterocycles. The fraction of sp³-hybridized carbons (Fsp3) is 0.812. The molecule has 1 aromatic heterocycles. The van der Waals surface area contributed by atoms with Gasteiger partial charge in [-0.3, -0.25) is 0 Å². The Balaban J connectivity index is 1.50. The molecule has 0 aromatic carbocycles. The third-order valence-electron chi connectivity index (χ3n) is 5.05. The van der Waals surface area contributed by atoms with E-state index in [4.69, 9.17) is 0 Å². The van der Waals surface area contributed by atoms with Crippen molar-refractivity contribution in [2.75, 3.05) is 18.9 Å². The van der Waals surface area contributed by atoms with E-state index < -0.39 is 0 Å². The van der Waals surface area contributed by atoms with E-state index in [0.29, 0.717) is 6.04 Å². The van der Waals surface area contributed by atoms with Crippen LogP contribution in [0.15, 0.2) is 12.4 Å². The van der Waals surface area contributed by atoms with Crippen molar-refractivity contribution < 1.29 is 0 Å². The monoisotopic (exact) mass is 276 g/mol. The summed E-state index contributed by atoms with van der Waals surface area (Å²) in [5, 5.41) is 3.62. The van der Waals surface area contributed by atoms with E-state index in [1.807, 2.05) is 6.20 Å². The van der Waals surface area contributed by atoms with Gasteiger partial charge in [-0.2, -0.15) is 0 Å². The number of likely N-dealkylation sites (N-methyl/N-ethyl adjacent to an activating group) is 1. The van der Waals surface area contributed by atoms with Crippen molar-refractivity contribution in [2.24, 2.45) is 0 Å². The first-order valence-corrected chi connectivity index (χ1v) is 8.31. The van der Waals surface area contributed by atoms with E-state index in [1.54, 1.807) is 0 Å². The lowest BCUT2D eigenvalue weighted by Gasteiger charge is -2.24. The van der Waals surface area contributed by atoms with Gasteiger partial charge in [-0.05, 0) is 32.7 Å². The molecule has 112 valence electrons. The van der Waals surface area contributed by atoms with Gasteiger partial charge in [0, 0.05) is 37.6 Å². The Hall–Kier alpha value is -1.03. The second-order valence-corrected chi connectivity index (χ2v) is 6.49. The maximum atomic E-state index is 4.49. The van der Waals surface area contributed by atoms with Crippen LogP contribution >= 0.6 is 0 Å². The number of rotatable bonds is 6. The topological polar surface area (TPSA) is 33.1 Å². The smallest absolute Gasteiger partial charge is 0.203 e. The maximum absolute atomic E-state index is 4.49. The van der Waals surface area contributed by atoms with Gasteiger partial charge in [0.2, 0.25) is 5.95 Å². The Morgan fingerprint density at radius 1 is 1.20 bits per heavy atom. The predicted molar refractivity (Wildman–Crippen MR) is 83.0 cm³/mol. The van der Waals surface area contributed by atoms with Crippen molar-refractivity contribution in [2.45, 2.75) is 70.0 Å². The van der Waals surface area contributed by atoms with Crippen LogP contribution in [0.1, 0.15) is 51.4 Å². The van der Waals surface area contributed by atoms with Gasteiger partial charge in [0.25, 0.3) is 0 Å². The summed E-state index contributed by atoms with van der Waals surface area (Å²) < 4.78 is 2.28. The number of hydrogen-bond acceptors (Lipinski definition) is 3. The van der Waals surface area contributed by atoms with E-state index in [9.17, 15) is 0 Å². The molecule has 4 heteroatoms. The van der Waals surface area contributed by atoms with Gasteiger partial charge in [-0.25, -0.2) is 4.98 Å². The van der Waals surface area contributed by atoms with Crippen LogP contribution in [0.5, 0.6) is 0 Å². The Morgan fingerprint density at radius 3 is 2.65 bits per heavy atom. The zero-order valence-corrected chi connectivity index (χ0v) is 12.7. The second-order valence-electron chi connectivity index (χ2n) is 6.49. The Morgan fingerprint density at radius 2 is 1.90 bits per heavy atom. The van der Waals surface area contributed by atoms with Crippen LogP contribution in [0.25, 0.3) is 0 Å². The van der Waals surface area contributed by atoms with E-state index >= 15 is 0 Å². The standard InChI is InChI=1S/C16H28N4/c1-19(15-8-4-5-9-15)12-13-20-11-10-17-16(20)18-14-6-2-3-7-14/h10-11,14-15H,2-9,12-13H2,1H3,(H,17,18). The first-order valence-electron chi connectivity index (χ1n) is 8.31. The zero-order chi connectivity index (χ0) is 13.8. The molecule has 3 rings (SSSR count). The van der Waals surface area contributed by atoms with Crippen molar-refractivity contribution in [3.8, 4) is 0 Å². The predicted octanol–water partition coefficient (Wildman–Crippen LogP) is 3.11. The highest BCUT2D eigenvalue weighted by atomic mass is 15.2. The Labute approximate surface area is 122 Å². The van der Waals surface area contributed by atoms with E-state index in [-0.39, 0.29) is 0 Å². The summed E-state index contributed by atoms with van der Waals surface area (Å²) in [5.41, 5.74) is 0. The molecule has 2 aliphatic rings. The van der Waals surface area contributed by atoms with Crippen molar-refractivity contribution in [3.63, 3.8) is 0 Å². The molecule has 0 radical (unpaired) electrons. The van der Waals surface area contributed by atoms with Gasteiger partial charge in [0.1, 0.15) is 0 Å². The molecule has 0 amide bonds. The molecule has 0 atom stereocenters. The summed E-state index contributed by atoms with van der Waals surface area (Å²) in [6.07, 6.45) is 15.0. The average Bonchev–Trinajstić information content (AvgIpc) is 3.20. The molecular formula is C16H28N4. The molecule has 2 fully saturated rings. The quantitative estimate of drug-likeness (QED) is 0.866. The lowest BCUT2D eigenvalue weighted by molar-refractivity contribution is 0.237. The molecule has 0 saturated heterocycles. The summed E-state index contributed by atoms with van der Waals surface area (Å²) in [6, 6.07) is 1.45. The number of imidazole rings is 1. The van der Waals surface area contributed by atoms with Gasteiger partial charge < -0.3 is 14.8 Å². The van der Waals surface area contributed by atoms with Crippen LogP contribution in [-0.4, -0.2) is 40.1 Å². The van der Waals surface area contributed by atoms with E-state index in [2.05, 4.69) is 33.0 Å². The Kier molecular flexibility index (Phi) is 4.61. The third kappa shape index (κ3) is 3.35. The molecule has 0 spiro atoms. The normalized spacial score (nSPS) is 21.1. The molecule has 1 N–H and O–H groups in total. The van der Waals surface area contributed by atoms with Gasteiger partial charge in [0.05, 0.1) is 0 Å².